The molecule has 0 radical (unpaired) electrons. The van der Waals surface area contributed by atoms with Crippen LogP contribution in [0.15, 0.2) is 54.6 Å². The van der Waals surface area contributed by atoms with Crippen LogP contribution < -0.4 is 4.74 Å². The van der Waals surface area contributed by atoms with Gasteiger partial charge >= 0.3 is 0 Å². The highest BCUT2D eigenvalue weighted by molar-refractivity contribution is 5.35. The van der Waals surface area contributed by atoms with Crippen LogP contribution in [0.25, 0.3) is 0 Å². The molecule has 0 aliphatic rings. The Morgan fingerprint density at radius 1 is 0.882 bits per heavy atom. The highest BCUT2D eigenvalue weighted by Crippen LogP contribution is 2.25. The van der Waals surface area contributed by atoms with E-state index in [4.69, 9.17) is 4.74 Å². The average Bonchev–Trinajstić information content (AvgIpc) is 2.40. The molecule has 17 heavy (non-hydrogen) atoms. The van der Waals surface area contributed by atoms with Crippen molar-refractivity contribution >= 4 is 0 Å². The van der Waals surface area contributed by atoms with Crippen LogP contribution in [-0.2, 0) is 0 Å². The molecule has 0 saturated carbocycles. The maximum Gasteiger partial charge on any atom is 0.119 e. The van der Waals surface area contributed by atoms with Crippen LogP contribution in [0.3, 0.4) is 0 Å². The standard InChI is InChI=1S/C16H18O/c1-3-17-16-11-9-15(10-12-16)13(2)14-7-5-4-6-8-14/h4-13H,3H2,1-2H3. The molecule has 1 nitrogen and oxygen atoms in total. The van der Waals surface area contributed by atoms with Crippen molar-refractivity contribution in [3.63, 3.8) is 0 Å². The Kier molecular flexibility index (Phi) is 3.81. The van der Waals surface area contributed by atoms with E-state index < -0.39 is 0 Å². The molecule has 0 aliphatic heterocycles. The van der Waals surface area contributed by atoms with E-state index in [1.54, 1.807) is 0 Å². The summed E-state index contributed by atoms with van der Waals surface area (Å²) in [6.07, 6.45) is 0. The SMILES string of the molecule is CCOc1ccc(C(C)c2ccccc2)cc1. The average molecular weight is 226 g/mol. The van der Waals surface area contributed by atoms with Gasteiger partial charge in [0.15, 0.2) is 0 Å². The van der Waals surface area contributed by atoms with Gasteiger partial charge in [-0.2, -0.15) is 0 Å². The van der Waals surface area contributed by atoms with Gasteiger partial charge in [0.2, 0.25) is 0 Å². The van der Waals surface area contributed by atoms with E-state index in [1.807, 2.05) is 19.1 Å². The Morgan fingerprint density at radius 3 is 2.06 bits per heavy atom. The Labute approximate surface area is 103 Å². The zero-order chi connectivity index (χ0) is 12.1. The van der Waals surface area contributed by atoms with Gasteiger partial charge in [-0.3, -0.25) is 0 Å². The number of ether oxygens (including phenoxy) is 1. The minimum atomic E-state index is 0.423. The monoisotopic (exact) mass is 226 g/mol. The first-order valence-electron chi connectivity index (χ1n) is 6.09. The summed E-state index contributed by atoms with van der Waals surface area (Å²) >= 11 is 0. The summed E-state index contributed by atoms with van der Waals surface area (Å²) in [7, 11) is 0. The first-order chi connectivity index (χ1) is 8.31. The summed E-state index contributed by atoms with van der Waals surface area (Å²) in [5.74, 6) is 1.36. The summed E-state index contributed by atoms with van der Waals surface area (Å²) in [6.45, 7) is 4.94. The quantitative estimate of drug-likeness (QED) is 0.757. The molecule has 0 amide bonds. The summed E-state index contributed by atoms with van der Waals surface area (Å²) < 4.78 is 5.45. The molecule has 0 aromatic heterocycles. The highest BCUT2D eigenvalue weighted by atomic mass is 16.5. The molecule has 0 N–H and O–H groups in total. The van der Waals surface area contributed by atoms with E-state index in [0.29, 0.717) is 12.5 Å². The van der Waals surface area contributed by atoms with E-state index >= 15 is 0 Å². The molecule has 0 spiro atoms. The summed E-state index contributed by atoms with van der Waals surface area (Å²) in [5, 5.41) is 0. The van der Waals surface area contributed by atoms with E-state index in [-0.39, 0.29) is 0 Å². The molecule has 0 fully saturated rings. The molecule has 1 atom stereocenters. The van der Waals surface area contributed by atoms with Crippen LogP contribution in [0.4, 0.5) is 0 Å². The number of hydrogen-bond donors (Lipinski definition) is 0. The lowest BCUT2D eigenvalue weighted by atomic mass is 9.93. The molecule has 2 rings (SSSR count). The highest BCUT2D eigenvalue weighted by Gasteiger charge is 2.07. The van der Waals surface area contributed by atoms with Crippen molar-refractivity contribution in [2.24, 2.45) is 0 Å². The zero-order valence-corrected chi connectivity index (χ0v) is 10.4. The van der Waals surface area contributed by atoms with Crippen LogP contribution in [0.2, 0.25) is 0 Å². The Bertz CT molecular complexity index is 445. The molecule has 88 valence electrons. The largest absolute Gasteiger partial charge is 0.494 e. The van der Waals surface area contributed by atoms with Crippen molar-refractivity contribution < 1.29 is 4.74 Å². The molecule has 0 saturated heterocycles. The fraction of sp³-hybridized carbons (Fsp3) is 0.250. The maximum atomic E-state index is 5.45. The number of hydrogen-bond acceptors (Lipinski definition) is 1. The van der Waals surface area contributed by atoms with Crippen molar-refractivity contribution in [3.8, 4) is 5.75 Å². The van der Waals surface area contributed by atoms with Gasteiger partial charge in [0.25, 0.3) is 0 Å². The van der Waals surface area contributed by atoms with Gasteiger partial charge in [-0.25, -0.2) is 0 Å². The first-order valence-corrected chi connectivity index (χ1v) is 6.09. The summed E-state index contributed by atoms with van der Waals surface area (Å²) in [4.78, 5) is 0. The second-order valence-electron chi connectivity index (χ2n) is 4.13. The molecule has 0 aliphatic carbocycles. The third kappa shape index (κ3) is 2.88. The zero-order valence-electron chi connectivity index (χ0n) is 10.4. The van der Waals surface area contributed by atoms with Gasteiger partial charge in [0, 0.05) is 5.92 Å². The third-order valence-electron chi connectivity index (χ3n) is 2.99. The molecule has 2 aromatic carbocycles. The normalized spacial score (nSPS) is 12.1. The van der Waals surface area contributed by atoms with Gasteiger partial charge in [-0.1, -0.05) is 49.4 Å². The van der Waals surface area contributed by atoms with Crippen LogP contribution in [0.5, 0.6) is 5.75 Å². The number of rotatable bonds is 4. The van der Waals surface area contributed by atoms with Gasteiger partial charge < -0.3 is 4.74 Å². The first kappa shape index (κ1) is 11.7. The second kappa shape index (κ2) is 5.53. The third-order valence-corrected chi connectivity index (χ3v) is 2.99. The van der Waals surface area contributed by atoms with Crippen molar-refractivity contribution in [2.45, 2.75) is 19.8 Å². The van der Waals surface area contributed by atoms with Gasteiger partial charge in [0.1, 0.15) is 5.75 Å². The molecule has 1 heteroatoms. The van der Waals surface area contributed by atoms with E-state index in [9.17, 15) is 0 Å². The topological polar surface area (TPSA) is 9.23 Å². The molecular formula is C16H18O. The summed E-state index contributed by atoms with van der Waals surface area (Å²) in [6, 6.07) is 18.9. The van der Waals surface area contributed by atoms with Crippen LogP contribution >= 0.6 is 0 Å². The minimum absolute atomic E-state index is 0.423. The van der Waals surface area contributed by atoms with Gasteiger partial charge in [-0.15, -0.1) is 0 Å². The molecule has 0 heterocycles. The lowest BCUT2D eigenvalue weighted by Gasteiger charge is -2.13. The van der Waals surface area contributed by atoms with Crippen molar-refractivity contribution in [2.75, 3.05) is 6.61 Å². The Balaban J connectivity index is 2.17. The lowest BCUT2D eigenvalue weighted by Crippen LogP contribution is -1.96. The van der Waals surface area contributed by atoms with Crippen LogP contribution in [0.1, 0.15) is 30.9 Å². The molecule has 2 aromatic rings. The van der Waals surface area contributed by atoms with E-state index in [1.165, 1.54) is 11.1 Å². The van der Waals surface area contributed by atoms with Crippen LogP contribution in [0, 0.1) is 0 Å². The smallest absolute Gasteiger partial charge is 0.119 e. The van der Waals surface area contributed by atoms with E-state index in [0.717, 1.165) is 5.75 Å². The Hall–Kier alpha value is -1.76. The second-order valence-corrected chi connectivity index (χ2v) is 4.13. The van der Waals surface area contributed by atoms with Crippen molar-refractivity contribution in [1.82, 2.24) is 0 Å². The fourth-order valence-electron chi connectivity index (χ4n) is 1.95. The fourth-order valence-corrected chi connectivity index (χ4v) is 1.95. The van der Waals surface area contributed by atoms with Crippen molar-refractivity contribution in [3.05, 3.63) is 65.7 Å². The predicted molar refractivity (Wildman–Crippen MR) is 71.6 cm³/mol. The van der Waals surface area contributed by atoms with E-state index in [2.05, 4.69) is 49.4 Å². The molecular weight excluding hydrogens is 208 g/mol. The predicted octanol–water partition coefficient (Wildman–Crippen LogP) is 4.24. The van der Waals surface area contributed by atoms with Crippen LogP contribution in [-0.4, -0.2) is 6.61 Å². The molecule has 1 unspecified atom stereocenters. The minimum Gasteiger partial charge on any atom is -0.494 e. The number of benzene rings is 2. The van der Waals surface area contributed by atoms with Gasteiger partial charge in [-0.05, 0) is 30.2 Å². The Morgan fingerprint density at radius 2 is 1.47 bits per heavy atom. The summed E-state index contributed by atoms with van der Waals surface area (Å²) in [5.41, 5.74) is 2.66. The molecule has 0 bridgehead atoms. The lowest BCUT2D eigenvalue weighted by molar-refractivity contribution is 0.340. The maximum absolute atomic E-state index is 5.45. The van der Waals surface area contributed by atoms with Gasteiger partial charge in [0.05, 0.1) is 6.61 Å². The van der Waals surface area contributed by atoms with Crippen molar-refractivity contribution in [1.29, 1.82) is 0 Å².